The zero-order valence-electron chi connectivity index (χ0n) is 8.09. The lowest BCUT2D eigenvalue weighted by Crippen LogP contribution is -1.98. The van der Waals surface area contributed by atoms with Gasteiger partial charge in [0.15, 0.2) is 11.5 Å². The van der Waals surface area contributed by atoms with Gasteiger partial charge in [0, 0.05) is 18.1 Å². The average molecular weight is 233 g/mol. The van der Waals surface area contributed by atoms with Gasteiger partial charge in [-0.25, -0.2) is 4.39 Å². The van der Waals surface area contributed by atoms with E-state index in [9.17, 15) is 14.3 Å². The van der Waals surface area contributed by atoms with Crippen LogP contribution in [0.15, 0.2) is 6.07 Å². The number of aldehydes is 1. The van der Waals surface area contributed by atoms with Crippen LogP contribution in [-0.2, 0) is 11.2 Å². The van der Waals surface area contributed by atoms with Crippen LogP contribution in [0.5, 0.6) is 11.5 Å². The number of phenolic OH excluding ortho intramolecular Hbond substituents is 1. The monoisotopic (exact) mass is 232 g/mol. The minimum absolute atomic E-state index is 0.0266. The highest BCUT2D eigenvalue weighted by Gasteiger charge is 2.17. The summed E-state index contributed by atoms with van der Waals surface area (Å²) >= 11 is 5.55. The first kappa shape index (κ1) is 11.8. The maximum absolute atomic E-state index is 13.5. The Hall–Kier alpha value is -1.29. The highest BCUT2D eigenvalue weighted by molar-refractivity contribution is 6.31. The lowest BCUT2D eigenvalue weighted by Gasteiger charge is -2.11. The summed E-state index contributed by atoms with van der Waals surface area (Å²) in [5, 5.41) is 9.25. The van der Waals surface area contributed by atoms with E-state index in [-0.39, 0.29) is 34.9 Å². The first-order valence-electron chi connectivity index (χ1n) is 4.29. The van der Waals surface area contributed by atoms with Crippen molar-refractivity contribution in [3.05, 3.63) is 22.5 Å². The second kappa shape index (κ2) is 4.98. The summed E-state index contributed by atoms with van der Waals surface area (Å²) in [6, 6.07) is 1.07. The van der Waals surface area contributed by atoms with Gasteiger partial charge in [-0.2, -0.15) is 0 Å². The topological polar surface area (TPSA) is 46.5 Å². The third-order valence-corrected chi connectivity index (χ3v) is 2.24. The third kappa shape index (κ3) is 2.39. The molecule has 15 heavy (non-hydrogen) atoms. The van der Waals surface area contributed by atoms with Crippen LogP contribution in [0.25, 0.3) is 0 Å². The van der Waals surface area contributed by atoms with Gasteiger partial charge in [-0.15, -0.1) is 0 Å². The number of ether oxygens (including phenoxy) is 1. The summed E-state index contributed by atoms with van der Waals surface area (Å²) in [6.45, 7) is 0. The lowest BCUT2D eigenvalue weighted by atomic mass is 10.1. The van der Waals surface area contributed by atoms with E-state index in [2.05, 4.69) is 0 Å². The van der Waals surface area contributed by atoms with Gasteiger partial charge in [-0.1, -0.05) is 11.6 Å². The number of carbonyl (C=O) groups excluding carboxylic acids is 1. The number of halogens is 2. The molecule has 1 aromatic carbocycles. The van der Waals surface area contributed by atoms with Crippen LogP contribution >= 0.6 is 11.6 Å². The molecular formula is C10H10ClFO3. The van der Waals surface area contributed by atoms with Crippen LogP contribution in [0.2, 0.25) is 5.02 Å². The molecule has 0 fully saturated rings. The Balaban J connectivity index is 3.23. The smallest absolute Gasteiger partial charge is 0.166 e. The SMILES string of the molecule is COc1c(O)cc(Cl)c(F)c1CCC=O. The third-order valence-electron chi connectivity index (χ3n) is 1.96. The molecule has 0 heterocycles. The molecule has 0 unspecified atom stereocenters. The zero-order valence-corrected chi connectivity index (χ0v) is 8.84. The van der Waals surface area contributed by atoms with Gasteiger partial charge in [-0.3, -0.25) is 0 Å². The summed E-state index contributed by atoms with van der Waals surface area (Å²) < 4.78 is 18.4. The van der Waals surface area contributed by atoms with Crippen molar-refractivity contribution in [2.24, 2.45) is 0 Å². The molecule has 0 amide bonds. The van der Waals surface area contributed by atoms with Crippen LogP contribution in [0.3, 0.4) is 0 Å². The minimum Gasteiger partial charge on any atom is -0.504 e. The average Bonchev–Trinajstić information content (AvgIpc) is 2.21. The molecule has 0 spiro atoms. The van der Waals surface area contributed by atoms with Gasteiger partial charge >= 0.3 is 0 Å². The fourth-order valence-electron chi connectivity index (χ4n) is 1.30. The number of carbonyl (C=O) groups is 1. The molecule has 0 aliphatic rings. The Morgan fingerprint density at radius 2 is 2.33 bits per heavy atom. The van der Waals surface area contributed by atoms with Crippen molar-refractivity contribution in [3.63, 3.8) is 0 Å². The maximum Gasteiger partial charge on any atom is 0.166 e. The number of benzene rings is 1. The second-order valence-corrected chi connectivity index (χ2v) is 3.32. The standard InChI is InChI=1S/C10H10ClFO3/c1-15-10-6(3-2-4-13)9(12)7(11)5-8(10)14/h4-5,14H,2-3H2,1H3. The van der Waals surface area contributed by atoms with Crippen molar-refractivity contribution in [3.8, 4) is 11.5 Å². The van der Waals surface area contributed by atoms with Crippen LogP contribution in [0.1, 0.15) is 12.0 Å². The molecule has 0 saturated heterocycles. The Morgan fingerprint density at radius 1 is 1.67 bits per heavy atom. The Kier molecular flexibility index (Phi) is 3.91. The van der Waals surface area contributed by atoms with E-state index < -0.39 is 5.82 Å². The summed E-state index contributed by atoms with van der Waals surface area (Å²) in [4.78, 5) is 10.2. The largest absolute Gasteiger partial charge is 0.504 e. The number of rotatable bonds is 4. The molecule has 82 valence electrons. The number of hydrogen-bond donors (Lipinski definition) is 1. The highest BCUT2D eigenvalue weighted by atomic mass is 35.5. The molecule has 0 bridgehead atoms. The molecule has 3 nitrogen and oxygen atoms in total. The molecule has 0 aromatic heterocycles. The van der Waals surface area contributed by atoms with E-state index in [1.807, 2.05) is 0 Å². The van der Waals surface area contributed by atoms with E-state index in [1.54, 1.807) is 0 Å². The lowest BCUT2D eigenvalue weighted by molar-refractivity contribution is -0.107. The molecule has 1 rings (SSSR count). The van der Waals surface area contributed by atoms with Crippen molar-refractivity contribution >= 4 is 17.9 Å². The molecule has 0 aliphatic carbocycles. The Morgan fingerprint density at radius 3 is 2.87 bits per heavy atom. The number of hydrogen-bond acceptors (Lipinski definition) is 3. The fourth-order valence-corrected chi connectivity index (χ4v) is 1.52. The second-order valence-electron chi connectivity index (χ2n) is 2.91. The zero-order chi connectivity index (χ0) is 11.4. The van der Waals surface area contributed by atoms with Crippen molar-refractivity contribution in [2.45, 2.75) is 12.8 Å². The van der Waals surface area contributed by atoms with Gasteiger partial charge < -0.3 is 14.6 Å². The summed E-state index contributed by atoms with van der Waals surface area (Å²) in [5.41, 5.74) is 0.120. The Labute approximate surface area is 91.4 Å². The van der Waals surface area contributed by atoms with E-state index in [1.165, 1.54) is 7.11 Å². The van der Waals surface area contributed by atoms with Crippen LogP contribution < -0.4 is 4.74 Å². The molecule has 1 N–H and O–H groups in total. The minimum atomic E-state index is -0.659. The van der Waals surface area contributed by atoms with Gasteiger partial charge in [0.2, 0.25) is 0 Å². The predicted octanol–water partition coefficient (Wildman–Crippen LogP) is 2.32. The molecule has 0 radical (unpaired) electrons. The van der Waals surface area contributed by atoms with Crippen molar-refractivity contribution in [1.82, 2.24) is 0 Å². The maximum atomic E-state index is 13.5. The van der Waals surface area contributed by atoms with Gasteiger partial charge in [0.05, 0.1) is 12.1 Å². The fraction of sp³-hybridized carbons (Fsp3) is 0.300. The van der Waals surface area contributed by atoms with E-state index in [4.69, 9.17) is 16.3 Å². The molecule has 0 atom stereocenters. The molecule has 0 aliphatic heterocycles. The molecule has 5 heteroatoms. The van der Waals surface area contributed by atoms with Gasteiger partial charge in [-0.05, 0) is 6.42 Å². The number of phenols is 1. The normalized spacial score (nSPS) is 10.1. The predicted molar refractivity (Wildman–Crippen MR) is 54.0 cm³/mol. The van der Waals surface area contributed by atoms with Crippen molar-refractivity contribution in [2.75, 3.05) is 7.11 Å². The summed E-state index contributed by atoms with van der Waals surface area (Å²) in [7, 11) is 1.31. The van der Waals surface area contributed by atoms with Crippen LogP contribution in [-0.4, -0.2) is 18.5 Å². The van der Waals surface area contributed by atoms with Gasteiger partial charge in [0.1, 0.15) is 12.1 Å². The first-order chi connectivity index (χ1) is 7.11. The van der Waals surface area contributed by atoms with E-state index in [0.29, 0.717) is 6.29 Å². The van der Waals surface area contributed by atoms with E-state index in [0.717, 1.165) is 6.07 Å². The van der Waals surface area contributed by atoms with E-state index >= 15 is 0 Å². The van der Waals surface area contributed by atoms with Crippen LogP contribution in [0, 0.1) is 5.82 Å². The highest BCUT2D eigenvalue weighted by Crippen LogP contribution is 2.36. The summed E-state index contributed by atoms with van der Waals surface area (Å²) in [6.07, 6.45) is 0.955. The molecule has 0 saturated carbocycles. The first-order valence-corrected chi connectivity index (χ1v) is 4.67. The van der Waals surface area contributed by atoms with Crippen LogP contribution in [0.4, 0.5) is 4.39 Å². The quantitative estimate of drug-likeness (QED) is 0.811. The molecular weight excluding hydrogens is 223 g/mol. The van der Waals surface area contributed by atoms with Crippen molar-refractivity contribution in [1.29, 1.82) is 0 Å². The molecule has 1 aromatic rings. The summed E-state index contributed by atoms with van der Waals surface area (Å²) in [5.74, 6) is -0.864. The Bertz CT molecular complexity index is 379. The van der Waals surface area contributed by atoms with Crippen molar-refractivity contribution < 1.29 is 19.0 Å². The van der Waals surface area contributed by atoms with Gasteiger partial charge in [0.25, 0.3) is 0 Å². The number of methoxy groups -OCH3 is 1. The number of aromatic hydroxyl groups is 1.